The third kappa shape index (κ3) is 3.92. The van der Waals surface area contributed by atoms with Crippen LogP contribution in [-0.4, -0.2) is 36.3 Å². The quantitative estimate of drug-likeness (QED) is 0.589. The van der Waals surface area contributed by atoms with Gasteiger partial charge in [0.05, 0.1) is 11.0 Å². The molecule has 6 nitrogen and oxygen atoms in total. The Balaban J connectivity index is 1.98. The predicted molar refractivity (Wildman–Crippen MR) is 79.6 cm³/mol. The first kappa shape index (κ1) is 15.7. The summed E-state index contributed by atoms with van der Waals surface area (Å²) in [5, 5.41) is 14.2. The molecule has 1 saturated carbocycles. The van der Waals surface area contributed by atoms with Crippen LogP contribution in [0.2, 0.25) is 0 Å². The van der Waals surface area contributed by atoms with Crippen LogP contribution < -0.4 is 10.1 Å². The first-order valence-electron chi connectivity index (χ1n) is 7.41. The number of nitrogens with one attached hydrogen (secondary N) is 1. The Morgan fingerprint density at radius 3 is 2.90 bits per heavy atom. The lowest BCUT2D eigenvalue weighted by Gasteiger charge is -2.44. The van der Waals surface area contributed by atoms with Gasteiger partial charge in [-0.05, 0) is 19.0 Å². The molecule has 0 aromatic heterocycles. The molecule has 0 radical (unpaired) electrons. The van der Waals surface area contributed by atoms with Gasteiger partial charge in [-0.3, -0.25) is 10.1 Å². The molecule has 0 heterocycles. The van der Waals surface area contributed by atoms with E-state index < -0.39 is 4.92 Å². The Hall–Kier alpha value is -1.66. The molecule has 2 rings (SSSR count). The van der Waals surface area contributed by atoms with Gasteiger partial charge in [0.1, 0.15) is 18.0 Å². The standard InChI is InChI=1S/C15H22N2O4/c1-3-8-20-15-13(16-4-2)10-14(15)21-12-7-5-6-11(9-12)17(18)19/h5-7,9,13-16H,3-4,8,10H2,1-2H3. The molecular weight excluding hydrogens is 272 g/mol. The van der Waals surface area contributed by atoms with E-state index in [0.29, 0.717) is 18.4 Å². The molecule has 1 fully saturated rings. The summed E-state index contributed by atoms with van der Waals surface area (Å²) in [6.45, 7) is 5.71. The summed E-state index contributed by atoms with van der Waals surface area (Å²) >= 11 is 0. The Labute approximate surface area is 124 Å². The number of rotatable bonds is 8. The smallest absolute Gasteiger partial charge is 0.273 e. The van der Waals surface area contributed by atoms with Crippen molar-refractivity contribution >= 4 is 5.69 Å². The Kier molecular flexibility index (Phi) is 5.52. The molecule has 21 heavy (non-hydrogen) atoms. The van der Waals surface area contributed by atoms with Gasteiger partial charge in [0, 0.05) is 25.1 Å². The Bertz CT molecular complexity index is 480. The van der Waals surface area contributed by atoms with E-state index in [4.69, 9.17) is 9.47 Å². The molecule has 1 aliphatic carbocycles. The summed E-state index contributed by atoms with van der Waals surface area (Å²) in [7, 11) is 0. The third-order valence-electron chi connectivity index (χ3n) is 3.55. The van der Waals surface area contributed by atoms with Gasteiger partial charge in [-0.15, -0.1) is 0 Å². The number of likely N-dealkylation sites (N-methyl/N-ethyl adjacent to an activating group) is 1. The van der Waals surface area contributed by atoms with E-state index in [1.54, 1.807) is 12.1 Å². The van der Waals surface area contributed by atoms with Crippen molar-refractivity contribution in [3.05, 3.63) is 34.4 Å². The number of non-ortho nitro benzene ring substituents is 1. The number of benzene rings is 1. The van der Waals surface area contributed by atoms with E-state index in [9.17, 15) is 10.1 Å². The van der Waals surface area contributed by atoms with Gasteiger partial charge < -0.3 is 14.8 Å². The van der Waals surface area contributed by atoms with Crippen LogP contribution in [0.15, 0.2) is 24.3 Å². The molecule has 0 amide bonds. The minimum atomic E-state index is -0.417. The van der Waals surface area contributed by atoms with Gasteiger partial charge in [-0.2, -0.15) is 0 Å². The first-order chi connectivity index (χ1) is 10.2. The molecule has 3 atom stereocenters. The number of hydrogen-bond acceptors (Lipinski definition) is 5. The molecule has 6 heteroatoms. The number of nitro benzene ring substituents is 1. The highest BCUT2D eigenvalue weighted by molar-refractivity contribution is 5.38. The number of ether oxygens (including phenoxy) is 2. The van der Waals surface area contributed by atoms with Crippen molar-refractivity contribution in [1.29, 1.82) is 0 Å². The molecule has 0 bridgehead atoms. The van der Waals surface area contributed by atoms with Crippen LogP contribution in [0.5, 0.6) is 5.75 Å². The fourth-order valence-electron chi connectivity index (χ4n) is 2.48. The van der Waals surface area contributed by atoms with E-state index in [0.717, 1.165) is 19.4 Å². The van der Waals surface area contributed by atoms with Crippen molar-refractivity contribution in [3.63, 3.8) is 0 Å². The SMILES string of the molecule is CCCOC1C(NCC)CC1Oc1cccc([N+](=O)[O-])c1. The van der Waals surface area contributed by atoms with Gasteiger partial charge in [0.25, 0.3) is 5.69 Å². The van der Waals surface area contributed by atoms with E-state index >= 15 is 0 Å². The lowest BCUT2D eigenvalue weighted by atomic mass is 9.85. The molecule has 1 aromatic rings. The van der Waals surface area contributed by atoms with Crippen LogP contribution >= 0.6 is 0 Å². The van der Waals surface area contributed by atoms with Crippen molar-refractivity contribution in [2.24, 2.45) is 0 Å². The average molecular weight is 294 g/mol. The Morgan fingerprint density at radius 1 is 1.43 bits per heavy atom. The van der Waals surface area contributed by atoms with Crippen molar-refractivity contribution in [2.75, 3.05) is 13.2 Å². The number of nitro groups is 1. The fourth-order valence-corrected chi connectivity index (χ4v) is 2.48. The van der Waals surface area contributed by atoms with Crippen LogP contribution in [0.4, 0.5) is 5.69 Å². The lowest BCUT2D eigenvalue weighted by molar-refractivity contribution is -0.385. The second-order valence-corrected chi connectivity index (χ2v) is 5.15. The van der Waals surface area contributed by atoms with Crippen LogP contribution in [0.1, 0.15) is 26.7 Å². The predicted octanol–water partition coefficient (Wildman–Crippen LogP) is 2.52. The first-order valence-corrected chi connectivity index (χ1v) is 7.41. The van der Waals surface area contributed by atoms with Crippen molar-refractivity contribution < 1.29 is 14.4 Å². The summed E-state index contributed by atoms with van der Waals surface area (Å²) in [6, 6.07) is 6.59. The summed E-state index contributed by atoms with van der Waals surface area (Å²) in [5.74, 6) is 0.522. The Morgan fingerprint density at radius 2 is 2.24 bits per heavy atom. The van der Waals surface area contributed by atoms with Gasteiger partial charge in [0.2, 0.25) is 0 Å². The minimum Gasteiger partial charge on any atom is -0.487 e. The monoisotopic (exact) mass is 294 g/mol. The number of hydrogen-bond donors (Lipinski definition) is 1. The molecule has 0 spiro atoms. The largest absolute Gasteiger partial charge is 0.487 e. The molecule has 1 aliphatic rings. The maximum absolute atomic E-state index is 10.8. The summed E-state index contributed by atoms with van der Waals surface area (Å²) in [5.41, 5.74) is 0.0427. The van der Waals surface area contributed by atoms with E-state index in [-0.39, 0.29) is 17.9 Å². The summed E-state index contributed by atoms with van der Waals surface area (Å²) < 4.78 is 11.7. The fraction of sp³-hybridized carbons (Fsp3) is 0.600. The van der Waals surface area contributed by atoms with Crippen molar-refractivity contribution in [3.8, 4) is 5.75 Å². The van der Waals surface area contributed by atoms with E-state index in [1.165, 1.54) is 12.1 Å². The highest BCUT2D eigenvalue weighted by Crippen LogP contribution is 2.30. The molecule has 1 N–H and O–H groups in total. The van der Waals surface area contributed by atoms with Gasteiger partial charge in [-0.25, -0.2) is 0 Å². The highest BCUT2D eigenvalue weighted by Gasteiger charge is 2.43. The van der Waals surface area contributed by atoms with Crippen LogP contribution in [0.25, 0.3) is 0 Å². The van der Waals surface area contributed by atoms with Crippen LogP contribution in [-0.2, 0) is 4.74 Å². The minimum absolute atomic E-state index is 0.00385. The molecular formula is C15H22N2O4. The maximum atomic E-state index is 10.8. The number of nitrogens with zero attached hydrogens (tertiary/aromatic N) is 1. The molecule has 0 saturated heterocycles. The lowest BCUT2D eigenvalue weighted by Crippen LogP contribution is -2.61. The summed E-state index contributed by atoms with van der Waals surface area (Å²) in [4.78, 5) is 10.4. The zero-order valence-corrected chi connectivity index (χ0v) is 12.5. The second kappa shape index (κ2) is 7.38. The van der Waals surface area contributed by atoms with E-state index in [1.807, 2.05) is 0 Å². The molecule has 3 unspecified atom stereocenters. The topological polar surface area (TPSA) is 73.6 Å². The summed E-state index contributed by atoms with van der Waals surface area (Å²) in [6.07, 6.45) is 1.76. The second-order valence-electron chi connectivity index (χ2n) is 5.15. The van der Waals surface area contributed by atoms with Crippen molar-refractivity contribution in [2.45, 2.75) is 44.9 Å². The van der Waals surface area contributed by atoms with Gasteiger partial charge in [-0.1, -0.05) is 19.9 Å². The zero-order chi connectivity index (χ0) is 15.2. The van der Waals surface area contributed by atoms with Crippen LogP contribution in [0, 0.1) is 10.1 Å². The van der Waals surface area contributed by atoms with E-state index in [2.05, 4.69) is 19.2 Å². The van der Waals surface area contributed by atoms with Crippen molar-refractivity contribution in [1.82, 2.24) is 5.32 Å². The third-order valence-corrected chi connectivity index (χ3v) is 3.55. The zero-order valence-electron chi connectivity index (χ0n) is 12.5. The highest BCUT2D eigenvalue weighted by atomic mass is 16.6. The molecule has 1 aromatic carbocycles. The van der Waals surface area contributed by atoms with Gasteiger partial charge in [0.15, 0.2) is 0 Å². The molecule has 0 aliphatic heterocycles. The average Bonchev–Trinajstić information content (AvgIpc) is 2.46. The van der Waals surface area contributed by atoms with Gasteiger partial charge >= 0.3 is 0 Å². The van der Waals surface area contributed by atoms with Crippen LogP contribution in [0.3, 0.4) is 0 Å². The normalized spacial score (nSPS) is 24.4. The molecule has 116 valence electrons. The maximum Gasteiger partial charge on any atom is 0.273 e.